The second-order valence-electron chi connectivity index (χ2n) is 6.57. The molecule has 3 nitrogen and oxygen atoms in total. The van der Waals surface area contributed by atoms with Gasteiger partial charge in [-0.1, -0.05) is 0 Å². The summed E-state index contributed by atoms with van der Waals surface area (Å²) in [5, 5.41) is 0. The molecular weight excluding hydrogens is 321 g/mol. The number of nitrogens with two attached hydrogens (primary N) is 1. The van der Waals surface area contributed by atoms with Crippen LogP contribution in [-0.4, -0.2) is 9.55 Å². The zero-order chi connectivity index (χ0) is 13.6. The van der Waals surface area contributed by atoms with Gasteiger partial charge in [0.2, 0.25) is 5.95 Å². The first-order valence-electron chi connectivity index (χ1n) is 7.27. The molecule has 1 aromatic heterocycles. The van der Waals surface area contributed by atoms with Crippen molar-refractivity contribution in [1.82, 2.24) is 9.55 Å². The van der Waals surface area contributed by atoms with Gasteiger partial charge in [0.1, 0.15) is 5.82 Å². The molecule has 0 saturated heterocycles. The van der Waals surface area contributed by atoms with Crippen LogP contribution in [0.2, 0.25) is 0 Å². The number of aromatic nitrogens is 2. The highest BCUT2D eigenvalue weighted by Gasteiger charge is 2.66. The Kier molecular flexibility index (Phi) is 2.06. The van der Waals surface area contributed by atoms with Gasteiger partial charge < -0.3 is 10.3 Å². The molecule has 0 aliphatic heterocycles. The Labute approximate surface area is 124 Å². The van der Waals surface area contributed by atoms with Crippen LogP contribution < -0.4 is 5.73 Å². The van der Waals surface area contributed by atoms with Gasteiger partial charge in [-0.15, -0.1) is 0 Å². The average molecular weight is 336 g/mol. The van der Waals surface area contributed by atoms with Crippen LogP contribution >= 0.6 is 15.9 Å². The first kappa shape index (κ1) is 11.5. The lowest BCUT2D eigenvalue weighted by Crippen LogP contribution is -2.08. The molecule has 5 heteroatoms. The van der Waals surface area contributed by atoms with Crippen molar-refractivity contribution in [3.63, 3.8) is 0 Å². The van der Waals surface area contributed by atoms with E-state index in [0.29, 0.717) is 16.5 Å². The van der Waals surface area contributed by atoms with Crippen LogP contribution in [0.1, 0.15) is 25.3 Å². The van der Waals surface area contributed by atoms with Crippen molar-refractivity contribution in [2.45, 2.75) is 25.3 Å². The zero-order valence-corrected chi connectivity index (χ0v) is 12.5. The monoisotopic (exact) mass is 335 g/mol. The molecule has 0 amide bonds. The fourth-order valence-corrected chi connectivity index (χ4v) is 5.38. The average Bonchev–Trinajstić information content (AvgIpc) is 2.73. The molecule has 4 atom stereocenters. The van der Waals surface area contributed by atoms with Gasteiger partial charge in [0, 0.05) is 12.1 Å². The van der Waals surface area contributed by atoms with Crippen molar-refractivity contribution in [3.8, 4) is 0 Å². The number of imidazole rings is 1. The molecule has 2 bridgehead atoms. The highest BCUT2D eigenvalue weighted by molar-refractivity contribution is 9.10. The Morgan fingerprint density at radius 2 is 1.95 bits per heavy atom. The molecule has 5 rings (SSSR count). The number of halogens is 2. The van der Waals surface area contributed by atoms with Gasteiger partial charge in [0.25, 0.3) is 0 Å². The van der Waals surface area contributed by atoms with E-state index in [4.69, 9.17) is 5.73 Å². The number of rotatable bonds is 1. The van der Waals surface area contributed by atoms with Gasteiger partial charge >= 0.3 is 0 Å². The Hall–Kier alpha value is -1.10. The predicted molar refractivity (Wildman–Crippen MR) is 78.7 cm³/mol. The minimum atomic E-state index is -0.243. The molecule has 4 unspecified atom stereocenters. The van der Waals surface area contributed by atoms with Crippen molar-refractivity contribution >= 4 is 32.9 Å². The van der Waals surface area contributed by atoms with Crippen molar-refractivity contribution in [3.05, 3.63) is 22.4 Å². The maximum absolute atomic E-state index is 13.8. The molecule has 20 heavy (non-hydrogen) atoms. The van der Waals surface area contributed by atoms with E-state index in [0.717, 1.165) is 34.7 Å². The van der Waals surface area contributed by atoms with E-state index < -0.39 is 0 Å². The van der Waals surface area contributed by atoms with Crippen molar-refractivity contribution in [2.75, 3.05) is 5.73 Å². The predicted octanol–water partition coefficient (Wildman–Crippen LogP) is 3.74. The number of benzene rings is 1. The molecule has 0 spiro atoms. The van der Waals surface area contributed by atoms with Gasteiger partial charge in [-0.05, 0) is 64.9 Å². The normalized spacial score (nSPS) is 37.6. The molecule has 1 heterocycles. The van der Waals surface area contributed by atoms with E-state index >= 15 is 0 Å². The summed E-state index contributed by atoms with van der Waals surface area (Å²) in [5.41, 5.74) is 7.76. The summed E-state index contributed by atoms with van der Waals surface area (Å²) in [6, 6.07) is 3.76. The molecule has 2 aromatic rings. The lowest BCUT2D eigenvalue weighted by molar-refractivity contribution is 0.456. The van der Waals surface area contributed by atoms with E-state index in [-0.39, 0.29) is 5.82 Å². The first-order valence-corrected chi connectivity index (χ1v) is 8.07. The summed E-state index contributed by atoms with van der Waals surface area (Å²) in [5.74, 6) is 3.56. The number of hydrogen-bond acceptors (Lipinski definition) is 2. The smallest absolute Gasteiger partial charge is 0.201 e. The number of nitrogens with zero attached hydrogens (tertiary/aromatic N) is 2. The van der Waals surface area contributed by atoms with Crippen LogP contribution in [0.3, 0.4) is 0 Å². The van der Waals surface area contributed by atoms with Crippen LogP contribution in [0.5, 0.6) is 0 Å². The van der Waals surface area contributed by atoms with E-state index in [1.807, 2.05) is 0 Å². The topological polar surface area (TPSA) is 43.8 Å². The highest BCUT2D eigenvalue weighted by atomic mass is 79.9. The summed E-state index contributed by atoms with van der Waals surface area (Å²) in [6.45, 7) is 0. The number of fused-ring (bicyclic) bond motifs is 6. The third-order valence-electron chi connectivity index (χ3n) is 5.75. The van der Waals surface area contributed by atoms with Crippen molar-refractivity contribution < 1.29 is 4.39 Å². The van der Waals surface area contributed by atoms with Gasteiger partial charge in [-0.25, -0.2) is 9.37 Å². The summed E-state index contributed by atoms with van der Waals surface area (Å²) >= 11 is 3.22. The van der Waals surface area contributed by atoms with E-state index in [9.17, 15) is 4.39 Å². The number of nitrogen functional groups attached to an aromatic ring is 1. The van der Waals surface area contributed by atoms with Crippen LogP contribution in [-0.2, 0) is 0 Å². The third kappa shape index (κ3) is 1.27. The largest absolute Gasteiger partial charge is 0.369 e. The zero-order valence-electron chi connectivity index (χ0n) is 10.9. The molecular formula is C15H15BrFN3. The van der Waals surface area contributed by atoms with Crippen LogP contribution in [0.4, 0.5) is 10.3 Å². The van der Waals surface area contributed by atoms with E-state index in [2.05, 4.69) is 25.5 Å². The Morgan fingerprint density at radius 1 is 1.25 bits per heavy atom. The molecule has 3 saturated carbocycles. The Bertz CT molecular complexity index is 724. The van der Waals surface area contributed by atoms with Gasteiger partial charge in [0.05, 0.1) is 15.5 Å². The minimum Gasteiger partial charge on any atom is -0.369 e. The standard InChI is InChI=1S/C15H15BrFN3/c16-8-4-10-11(5-9(8)17)20(15(18)19-10)14-12-6-1-2-7(3-6)13(12)14/h4-7,12-14H,1-3H2,(H2,18,19). The molecule has 1 aromatic carbocycles. The number of anilines is 1. The number of hydrogen-bond donors (Lipinski definition) is 1. The van der Waals surface area contributed by atoms with E-state index in [1.54, 1.807) is 12.1 Å². The fraction of sp³-hybridized carbons (Fsp3) is 0.533. The molecule has 3 fully saturated rings. The summed E-state index contributed by atoms with van der Waals surface area (Å²) in [7, 11) is 0. The second kappa shape index (κ2) is 3.56. The maximum atomic E-state index is 13.8. The minimum absolute atomic E-state index is 0.243. The second-order valence-corrected chi connectivity index (χ2v) is 7.43. The Morgan fingerprint density at radius 3 is 2.65 bits per heavy atom. The van der Waals surface area contributed by atoms with E-state index in [1.165, 1.54) is 19.3 Å². The van der Waals surface area contributed by atoms with Gasteiger partial charge in [0.15, 0.2) is 0 Å². The summed E-state index contributed by atoms with van der Waals surface area (Å²) < 4.78 is 16.4. The molecule has 104 valence electrons. The summed E-state index contributed by atoms with van der Waals surface area (Å²) in [4.78, 5) is 4.42. The lowest BCUT2D eigenvalue weighted by atomic mass is 10.0. The molecule has 3 aliphatic rings. The van der Waals surface area contributed by atoms with Gasteiger partial charge in [-0.3, -0.25) is 0 Å². The first-order chi connectivity index (χ1) is 9.65. The van der Waals surface area contributed by atoms with Crippen molar-refractivity contribution in [1.29, 1.82) is 0 Å². The fourth-order valence-electron chi connectivity index (χ4n) is 5.05. The maximum Gasteiger partial charge on any atom is 0.201 e. The lowest BCUT2D eigenvalue weighted by Gasteiger charge is -2.12. The molecule has 0 radical (unpaired) electrons. The Balaban J connectivity index is 1.67. The SMILES string of the molecule is Nc1nc2cc(Br)c(F)cc2n1C1C2C3CCC(C3)C21. The molecule has 2 N–H and O–H groups in total. The highest BCUT2D eigenvalue weighted by Crippen LogP contribution is 2.72. The van der Waals surface area contributed by atoms with Crippen LogP contribution in [0.15, 0.2) is 16.6 Å². The quantitative estimate of drug-likeness (QED) is 0.862. The van der Waals surface area contributed by atoms with Crippen LogP contribution in [0, 0.1) is 29.5 Å². The van der Waals surface area contributed by atoms with Crippen molar-refractivity contribution in [2.24, 2.45) is 23.7 Å². The van der Waals surface area contributed by atoms with Crippen LogP contribution in [0.25, 0.3) is 11.0 Å². The third-order valence-corrected chi connectivity index (χ3v) is 6.36. The summed E-state index contributed by atoms with van der Waals surface area (Å²) in [6.07, 6.45) is 4.14. The van der Waals surface area contributed by atoms with Gasteiger partial charge in [-0.2, -0.15) is 0 Å². The molecule has 3 aliphatic carbocycles.